The van der Waals surface area contributed by atoms with Crippen LogP contribution in [0.4, 0.5) is 0 Å². The van der Waals surface area contributed by atoms with Gasteiger partial charge in [0.15, 0.2) is 0 Å². The SMILES string of the molecule is CCOc1ccc(-c2nc(CN3CC[C@H](N4CCN(C)CC4)[C@@H](C)C3)co2)cc1. The second kappa shape index (κ2) is 9.28. The number of rotatable bonds is 6. The first kappa shape index (κ1) is 20.4. The number of aromatic nitrogens is 1. The van der Waals surface area contributed by atoms with E-state index in [1.165, 1.54) is 32.6 Å². The van der Waals surface area contributed by atoms with Gasteiger partial charge in [0.1, 0.15) is 12.0 Å². The molecule has 29 heavy (non-hydrogen) atoms. The fourth-order valence-electron chi connectivity index (χ4n) is 4.66. The highest BCUT2D eigenvalue weighted by Gasteiger charge is 2.32. The van der Waals surface area contributed by atoms with Gasteiger partial charge < -0.3 is 14.1 Å². The Kier molecular flexibility index (Phi) is 6.53. The van der Waals surface area contributed by atoms with E-state index in [1.54, 1.807) is 0 Å². The number of benzene rings is 1. The summed E-state index contributed by atoms with van der Waals surface area (Å²) in [6, 6.07) is 8.66. The summed E-state index contributed by atoms with van der Waals surface area (Å²) in [7, 11) is 2.23. The van der Waals surface area contributed by atoms with E-state index in [2.05, 4.69) is 28.7 Å². The molecule has 0 unspecified atom stereocenters. The molecule has 0 aliphatic carbocycles. The van der Waals surface area contributed by atoms with E-state index in [-0.39, 0.29) is 0 Å². The summed E-state index contributed by atoms with van der Waals surface area (Å²) in [6.07, 6.45) is 3.05. The van der Waals surface area contributed by atoms with Gasteiger partial charge in [-0.1, -0.05) is 6.92 Å². The predicted octanol–water partition coefficient (Wildman–Crippen LogP) is 3.20. The van der Waals surface area contributed by atoms with E-state index in [0.29, 0.717) is 18.4 Å². The second-order valence-electron chi connectivity index (χ2n) is 8.51. The third-order valence-corrected chi connectivity index (χ3v) is 6.30. The smallest absolute Gasteiger partial charge is 0.226 e. The summed E-state index contributed by atoms with van der Waals surface area (Å²) in [4.78, 5) is 12.4. The van der Waals surface area contributed by atoms with Gasteiger partial charge in [-0.2, -0.15) is 0 Å². The topological polar surface area (TPSA) is 45.0 Å². The van der Waals surface area contributed by atoms with Crippen molar-refractivity contribution < 1.29 is 9.15 Å². The van der Waals surface area contributed by atoms with E-state index in [0.717, 1.165) is 42.7 Å². The van der Waals surface area contributed by atoms with Gasteiger partial charge in [0.25, 0.3) is 0 Å². The Hall–Kier alpha value is -1.89. The summed E-state index contributed by atoms with van der Waals surface area (Å²) >= 11 is 0. The van der Waals surface area contributed by atoms with Gasteiger partial charge in [0, 0.05) is 57.4 Å². The summed E-state index contributed by atoms with van der Waals surface area (Å²) in [5.41, 5.74) is 2.00. The third kappa shape index (κ3) is 5.00. The molecule has 158 valence electrons. The van der Waals surface area contributed by atoms with Crippen molar-refractivity contribution in [1.82, 2.24) is 19.7 Å². The fraction of sp³-hybridized carbons (Fsp3) is 0.609. The molecule has 2 saturated heterocycles. The molecule has 1 aromatic carbocycles. The van der Waals surface area contributed by atoms with E-state index < -0.39 is 0 Å². The minimum absolute atomic E-state index is 0.673. The number of likely N-dealkylation sites (tertiary alicyclic amines) is 1. The van der Waals surface area contributed by atoms with Crippen LogP contribution in [0.3, 0.4) is 0 Å². The largest absolute Gasteiger partial charge is 0.494 e. The molecule has 4 rings (SSSR count). The molecule has 0 N–H and O–H groups in total. The molecule has 0 amide bonds. The zero-order chi connectivity index (χ0) is 20.2. The molecule has 6 nitrogen and oxygen atoms in total. The van der Waals surface area contributed by atoms with E-state index in [1.807, 2.05) is 37.5 Å². The molecule has 2 aromatic rings. The van der Waals surface area contributed by atoms with Crippen molar-refractivity contribution in [3.63, 3.8) is 0 Å². The molecule has 0 radical (unpaired) electrons. The Morgan fingerprint density at radius 3 is 2.55 bits per heavy atom. The van der Waals surface area contributed by atoms with Crippen LogP contribution in [0.15, 0.2) is 34.9 Å². The Bertz CT molecular complexity index is 767. The van der Waals surface area contributed by atoms with Crippen molar-refractivity contribution in [2.45, 2.75) is 32.9 Å². The first-order chi connectivity index (χ1) is 14.1. The number of piperazine rings is 1. The van der Waals surface area contributed by atoms with Crippen LogP contribution < -0.4 is 4.74 Å². The van der Waals surface area contributed by atoms with E-state index >= 15 is 0 Å². The highest BCUT2D eigenvalue weighted by molar-refractivity contribution is 5.54. The van der Waals surface area contributed by atoms with Crippen molar-refractivity contribution in [3.8, 4) is 17.2 Å². The zero-order valence-corrected chi connectivity index (χ0v) is 18.0. The van der Waals surface area contributed by atoms with Gasteiger partial charge in [-0.15, -0.1) is 0 Å². The summed E-state index contributed by atoms with van der Waals surface area (Å²) in [5.74, 6) is 2.24. The standard InChI is InChI=1S/C23H34N4O2/c1-4-28-21-7-5-19(6-8-21)23-24-20(17-29-23)16-26-10-9-22(18(2)15-26)27-13-11-25(3)12-14-27/h5-8,17-18,22H,4,9-16H2,1-3H3/t18-,22-/m0/s1. The lowest BCUT2D eigenvalue weighted by atomic mass is 9.91. The molecule has 6 heteroatoms. The normalized spacial score (nSPS) is 24.7. The highest BCUT2D eigenvalue weighted by Crippen LogP contribution is 2.26. The number of hydrogen-bond donors (Lipinski definition) is 0. The average molecular weight is 399 g/mol. The fourth-order valence-corrected chi connectivity index (χ4v) is 4.66. The van der Waals surface area contributed by atoms with Crippen molar-refractivity contribution in [2.24, 2.45) is 5.92 Å². The van der Waals surface area contributed by atoms with Gasteiger partial charge in [-0.3, -0.25) is 9.80 Å². The van der Waals surface area contributed by atoms with Crippen LogP contribution in [-0.4, -0.2) is 78.6 Å². The average Bonchev–Trinajstić information content (AvgIpc) is 3.18. The van der Waals surface area contributed by atoms with Crippen LogP contribution >= 0.6 is 0 Å². The van der Waals surface area contributed by atoms with Crippen LogP contribution in [-0.2, 0) is 6.54 Å². The van der Waals surface area contributed by atoms with Gasteiger partial charge in [0.05, 0.1) is 12.3 Å². The van der Waals surface area contributed by atoms with Gasteiger partial charge in [-0.05, 0) is 50.6 Å². The third-order valence-electron chi connectivity index (χ3n) is 6.30. The first-order valence-corrected chi connectivity index (χ1v) is 10.9. The minimum atomic E-state index is 0.673. The number of likely N-dealkylation sites (N-methyl/N-ethyl adjacent to an activating group) is 1. The number of piperidine rings is 1. The second-order valence-corrected chi connectivity index (χ2v) is 8.51. The van der Waals surface area contributed by atoms with Crippen molar-refractivity contribution in [3.05, 3.63) is 36.2 Å². The minimum Gasteiger partial charge on any atom is -0.494 e. The summed E-state index contributed by atoms with van der Waals surface area (Å²) in [6.45, 7) is 13.0. The molecule has 3 heterocycles. The number of hydrogen-bond acceptors (Lipinski definition) is 6. The van der Waals surface area contributed by atoms with Gasteiger partial charge >= 0.3 is 0 Å². The predicted molar refractivity (Wildman–Crippen MR) is 115 cm³/mol. The molecule has 2 aliphatic rings. The zero-order valence-electron chi connectivity index (χ0n) is 18.0. The molecule has 2 aliphatic heterocycles. The van der Waals surface area contributed by atoms with Gasteiger partial charge in [-0.25, -0.2) is 4.98 Å². The lowest BCUT2D eigenvalue weighted by Crippen LogP contribution is -2.55. The molecule has 0 bridgehead atoms. The lowest BCUT2D eigenvalue weighted by molar-refractivity contribution is 0.0322. The van der Waals surface area contributed by atoms with Crippen LogP contribution in [0, 0.1) is 5.92 Å². The first-order valence-electron chi connectivity index (χ1n) is 10.9. The maximum atomic E-state index is 5.75. The van der Waals surface area contributed by atoms with Crippen LogP contribution in [0.5, 0.6) is 5.75 Å². The number of ether oxygens (including phenoxy) is 1. The molecule has 1 aromatic heterocycles. The molecular formula is C23H34N4O2. The summed E-state index contributed by atoms with van der Waals surface area (Å²) in [5, 5.41) is 0. The lowest BCUT2D eigenvalue weighted by Gasteiger charge is -2.45. The van der Waals surface area contributed by atoms with Crippen molar-refractivity contribution in [1.29, 1.82) is 0 Å². The Morgan fingerprint density at radius 1 is 1.10 bits per heavy atom. The molecule has 0 saturated carbocycles. The van der Waals surface area contributed by atoms with Crippen LogP contribution in [0.2, 0.25) is 0 Å². The van der Waals surface area contributed by atoms with E-state index in [9.17, 15) is 0 Å². The highest BCUT2D eigenvalue weighted by atomic mass is 16.5. The molecule has 2 atom stereocenters. The summed E-state index contributed by atoms with van der Waals surface area (Å²) < 4.78 is 11.3. The van der Waals surface area contributed by atoms with Gasteiger partial charge in [0.2, 0.25) is 5.89 Å². The molecular weight excluding hydrogens is 364 g/mol. The monoisotopic (exact) mass is 398 g/mol. The maximum absolute atomic E-state index is 5.75. The Balaban J connectivity index is 1.31. The Labute approximate surface area is 174 Å². The number of oxazole rings is 1. The maximum Gasteiger partial charge on any atom is 0.226 e. The number of nitrogens with zero attached hydrogens (tertiary/aromatic N) is 4. The quantitative estimate of drug-likeness (QED) is 0.745. The van der Waals surface area contributed by atoms with E-state index in [4.69, 9.17) is 14.1 Å². The molecule has 2 fully saturated rings. The molecule has 0 spiro atoms. The Morgan fingerprint density at radius 2 is 1.86 bits per heavy atom. The van der Waals surface area contributed by atoms with Crippen LogP contribution in [0.25, 0.3) is 11.5 Å². The van der Waals surface area contributed by atoms with Crippen molar-refractivity contribution >= 4 is 0 Å². The van der Waals surface area contributed by atoms with Crippen LogP contribution in [0.1, 0.15) is 26.0 Å². The van der Waals surface area contributed by atoms with Crippen molar-refractivity contribution in [2.75, 3.05) is 52.9 Å².